The summed E-state index contributed by atoms with van der Waals surface area (Å²) in [6.45, 7) is 6.11. The summed E-state index contributed by atoms with van der Waals surface area (Å²) in [5.41, 5.74) is 1.36. The molecule has 1 aromatic heterocycles. The van der Waals surface area contributed by atoms with Gasteiger partial charge in [0, 0.05) is 25.7 Å². The van der Waals surface area contributed by atoms with Gasteiger partial charge in [-0.2, -0.15) is 5.26 Å². The van der Waals surface area contributed by atoms with Gasteiger partial charge >= 0.3 is 0 Å². The van der Waals surface area contributed by atoms with Gasteiger partial charge in [-0.25, -0.2) is 0 Å². The first-order chi connectivity index (χ1) is 10.7. The monoisotopic (exact) mass is 295 g/mol. The maximum atomic E-state index is 8.78. The van der Waals surface area contributed by atoms with Crippen LogP contribution in [0.5, 0.6) is 0 Å². The Kier molecular flexibility index (Phi) is 4.57. The molecular weight excluding hydrogens is 274 g/mol. The van der Waals surface area contributed by atoms with Crippen LogP contribution in [0.25, 0.3) is 0 Å². The Hall–Kier alpha value is -2.09. The van der Waals surface area contributed by atoms with Crippen molar-refractivity contribution in [1.29, 1.82) is 5.26 Å². The number of furan rings is 1. The SMILES string of the molecule is C[C@@H]1CN(Cc2ccccc2)C[C@H]1NCc1ccc(C#N)o1. The molecule has 2 heterocycles. The number of nitrogens with zero attached hydrogens (tertiary/aromatic N) is 2. The smallest absolute Gasteiger partial charge is 0.203 e. The fourth-order valence-electron chi connectivity index (χ4n) is 3.07. The molecule has 2 atom stereocenters. The largest absolute Gasteiger partial charge is 0.449 e. The van der Waals surface area contributed by atoms with Crippen molar-refractivity contribution in [3.05, 3.63) is 59.5 Å². The highest BCUT2D eigenvalue weighted by atomic mass is 16.3. The third kappa shape index (κ3) is 3.56. The maximum Gasteiger partial charge on any atom is 0.203 e. The number of nitriles is 1. The molecule has 1 aliphatic rings. The summed E-state index contributed by atoms with van der Waals surface area (Å²) in [5, 5.41) is 12.3. The summed E-state index contributed by atoms with van der Waals surface area (Å²) < 4.78 is 5.41. The zero-order valence-electron chi connectivity index (χ0n) is 12.8. The van der Waals surface area contributed by atoms with Crippen LogP contribution in [-0.4, -0.2) is 24.0 Å². The minimum absolute atomic E-state index is 0.377. The molecule has 1 fully saturated rings. The third-order valence-electron chi connectivity index (χ3n) is 4.25. The van der Waals surface area contributed by atoms with Gasteiger partial charge in [0.05, 0.1) is 6.54 Å². The van der Waals surface area contributed by atoms with Gasteiger partial charge in [-0.05, 0) is 23.6 Å². The Balaban J connectivity index is 1.51. The van der Waals surface area contributed by atoms with Crippen molar-refractivity contribution in [2.75, 3.05) is 13.1 Å². The van der Waals surface area contributed by atoms with Crippen LogP contribution in [0.4, 0.5) is 0 Å². The molecule has 3 rings (SSSR count). The lowest BCUT2D eigenvalue weighted by atomic mass is 10.1. The molecule has 0 bridgehead atoms. The summed E-state index contributed by atoms with van der Waals surface area (Å²) in [5.74, 6) is 1.81. The van der Waals surface area contributed by atoms with Crippen LogP contribution in [0.3, 0.4) is 0 Å². The zero-order valence-corrected chi connectivity index (χ0v) is 12.8. The average Bonchev–Trinajstić information content (AvgIpc) is 3.13. The van der Waals surface area contributed by atoms with Gasteiger partial charge in [0.1, 0.15) is 11.8 Å². The minimum Gasteiger partial charge on any atom is -0.449 e. The second kappa shape index (κ2) is 6.78. The molecule has 1 aliphatic heterocycles. The van der Waals surface area contributed by atoms with Gasteiger partial charge in [0.25, 0.3) is 0 Å². The van der Waals surface area contributed by atoms with Crippen LogP contribution in [-0.2, 0) is 13.1 Å². The predicted molar refractivity (Wildman–Crippen MR) is 84.9 cm³/mol. The summed E-state index contributed by atoms with van der Waals surface area (Å²) in [7, 11) is 0. The van der Waals surface area contributed by atoms with E-state index in [1.54, 1.807) is 6.07 Å². The highest BCUT2D eigenvalue weighted by Gasteiger charge is 2.29. The standard InChI is InChI=1S/C18H21N3O/c1-14-11-21(12-15-5-3-2-4-6-15)13-18(14)20-10-17-8-7-16(9-19)22-17/h2-8,14,18,20H,10-13H2,1H3/t14-,18-/m1/s1. The number of hydrogen-bond donors (Lipinski definition) is 1. The Morgan fingerprint density at radius 1 is 1.23 bits per heavy atom. The Labute approximate surface area is 131 Å². The van der Waals surface area contributed by atoms with Crippen LogP contribution in [0, 0.1) is 17.2 Å². The molecule has 4 heteroatoms. The topological polar surface area (TPSA) is 52.2 Å². The quantitative estimate of drug-likeness (QED) is 0.921. The number of nitrogens with one attached hydrogen (secondary N) is 1. The first kappa shape index (κ1) is 14.8. The van der Waals surface area contributed by atoms with Crippen LogP contribution < -0.4 is 5.32 Å². The van der Waals surface area contributed by atoms with E-state index in [-0.39, 0.29) is 0 Å². The van der Waals surface area contributed by atoms with Crippen LogP contribution in [0.2, 0.25) is 0 Å². The molecule has 2 aromatic rings. The third-order valence-corrected chi connectivity index (χ3v) is 4.25. The number of benzene rings is 1. The fraction of sp³-hybridized carbons (Fsp3) is 0.389. The molecule has 0 radical (unpaired) electrons. The number of rotatable bonds is 5. The molecule has 22 heavy (non-hydrogen) atoms. The van der Waals surface area contributed by atoms with E-state index in [0.29, 0.717) is 24.3 Å². The molecule has 4 nitrogen and oxygen atoms in total. The van der Waals surface area contributed by atoms with Crippen molar-refractivity contribution < 1.29 is 4.42 Å². The van der Waals surface area contributed by atoms with Crippen LogP contribution in [0.15, 0.2) is 46.9 Å². The van der Waals surface area contributed by atoms with E-state index in [0.717, 1.165) is 25.4 Å². The van der Waals surface area contributed by atoms with Gasteiger partial charge in [0.2, 0.25) is 5.76 Å². The lowest BCUT2D eigenvalue weighted by Crippen LogP contribution is -2.34. The van der Waals surface area contributed by atoms with E-state index < -0.39 is 0 Å². The predicted octanol–water partition coefficient (Wildman–Crippen LogP) is 2.76. The van der Waals surface area contributed by atoms with Crippen molar-refractivity contribution in [2.24, 2.45) is 5.92 Å². The lowest BCUT2D eigenvalue weighted by Gasteiger charge is -2.16. The van der Waals surface area contributed by atoms with Gasteiger partial charge in [-0.1, -0.05) is 37.3 Å². The van der Waals surface area contributed by atoms with Gasteiger partial charge in [0.15, 0.2) is 0 Å². The first-order valence-corrected chi connectivity index (χ1v) is 7.73. The van der Waals surface area contributed by atoms with Crippen molar-refractivity contribution in [1.82, 2.24) is 10.2 Å². The second-order valence-electron chi connectivity index (χ2n) is 6.02. The van der Waals surface area contributed by atoms with E-state index in [2.05, 4.69) is 47.5 Å². The van der Waals surface area contributed by atoms with Crippen molar-refractivity contribution in [2.45, 2.75) is 26.1 Å². The second-order valence-corrected chi connectivity index (χ2v) is 6.02. The fourth-order valence-corrected chi connectivity index (χ4v) is 3.07. The minimum atomic E-state index is 0.377. The summed E-state index contributed by atoms with van der Waals surface area (Å²) in [6.07, 6.45) is 0. The molecule has 1 saturated heterocycles. The number of hydrogen-bond acceptors (Lipinski definition) is 4. The Bertz CT molecular complexity index is 644. The van der Waals surface area contributed by atoms with Crippen molar-refractivity contribution >= 4 is 0 Å². The molecule has 1 aromatic carbocycles. The Morgan fingerprint density at radius 3 is 2.77 bits per heavy atom. The molecule has 0 unspecified atom stereocenters. The van der Waals surface area contributed by atoms with Crippen LogP contribution in [0.1, 0.15) is 24.0 Å². The van der Waals surface area contributed by atoms with Crippen molar-refractivity contribution in [3.8, 4) is 6.07 Å². The first-order valence-electron chi connectivity index (χ1n) is 7.73. The summed E-state index contributed by atoms with van der Waals surface area (Å²) in [4.78, 5) is 2.49. The molecule has 1 N–H and O–H groups in total. The van der Waals surface area contributed by atoms with E-state index in [1.165, 1.54) is 5.56 Å². The molecule has 0 saturated carbocycles. The summed E-state index contributed by atoms with van der Waals surface area (Å²) in [6, 6.07) is 16.7. The Morgan fingerprint density at radius 2 is 2.05 bits per heavy atom. The molecular formula is C18H21N3O. The van der Waals surface area contributed by atoms with E-state index in [9.17, 15) is 0 Å². The maximum absolute atomic E-state index is 8.78. The van der Waals surface area contributed by atoms with Gasteiger partial charge in [-0.15, -0.1) is 0 Å². The van der Waals surface area contributed by atoms with Crippen LogP contribution >= 0.6 is 0 Å². The average molecular weight is 295 g/mol. The van der Waals surface area contributed by atoms with Gasteiger partial charge in [-0.3, -0.25) is 4.90 Å². The lowest BCUT2D eigenvalue weighted by molar-refractivity contribution is 0.315. The zero-order chi connectivity index (χ0) is 15.4. The van der Waals surface area contributed by atoms with Crippen molar-refractivity contribution in [3.63, 3.8) is 0 Å². The van der Waals surface area contributed by atoms with E-state index >= 15 is 0 Å². The molecule has 0 spiro atoms. The van der Waals surface area contributed by atoms with E-state index in [1.807, 2.05) is 12.1 Å². The van der Waals surface area contributed by atoms with E-state index in [4.69, 9.17) is 9.68 Å². The van der Waals surface area contributed by atoms with Gasteiger partial charge < -0.3 is 9.73 Å². The number of likely N-dealkylation sites (tertiary alicyclic amines) is 1. The molecule has 0 aliphatic carbocycles. The molecule has 114 valence electrons. The normalized spacial score (nSPS) is 21.8. The highest BCUT2D eigenvalue weighted by molar-refractivity contribution is 5.19. The molecule has 0 amide bonds. The summed E-state index contributed by atoms with van der Waals surface area (Å²) >= 11 is 0. The highest BCUT2D eigenvalue weighted by Crippen LogP contribution is 2.19.